The number of para-hydroxylation sites is 1. The maximum Gasteiger partial charge on any atom is 0.146 e. The summed E-state index contributed by atoms with van der Waals surface area (Å²) in [6.45, 7) is 3.59. The number of halogens is 1. The Balaban J connectivity index is 2.02. The van der Waals surface area contributed by atoms with Crippen LogP contribution < -0.4 is 5.32 Å². The van der Waals surface area contributed by atoms with E-state index < -0.39 is 0 Å². The van der Waals surface area contributed by atoms with Crippen molar-refractivity contribution in [2.75, 3.05) is 5.32 Å². The summed E-state index contributed by atoms with van der Waals surface area (Å²) in [5, 5.41) is 3.06. The van der Waals surface area contributed by atoms with Gasteiger partial charge in [-0.3, -0.25) is 0 Å². The van der Waals surface area contributed by atoms with Gasteiger partial charge in [0.25, 0.3) is 0 Å². The van der Waals surface area contributed by atoms with Crippen LogP contribution in [0, 0.1) is 5.82 Å². The Morgan fingerprint density at radius 3 is 2.94 bits per heavy atom. The quantitative estimate of drug-likeness (QED) is 0.860. The van der Waals surface area contributed by atoms with Crippen molar-refractivity contribution < 1.29 is 4.39 Å². The summed E-state index contributed by atoms with van der Waals surface area (Å²) in [7, 11) is 0. The van der Waals surface area contributed by atoms with Gasteiger partial charge in [0.1, 0.15) is 11.6 Å². The highest BCUT2D eigenvalue weighted by Gasteiger charge is 2.03. The summed E-state index contributed by atoms with van der Waals surface area (Å²) < 4.78 is 15.5. The first-order valence-corrected chi connectivity index (χ1v) is 5.79. The molecule has 0 aliphatic carbocycles. The van der Waals surface area contributed by atoms with E-state index in [0.717, 1.165) is 18.8 Å². The minimum absolute atomic E-state index is 0.235. The molecule has 0 aliphatic rings. The first kappa shape index (κ1) is 11.6. The number of aryl methyl sites for hydroxylation is 1. The van der Waals surface area contributed by atoms with Gasteiger partial charge in [-0.05, 0) is 18.6 Å². The maximum atomic E-state index is 13.4. The van der Waals surface area contributed by atoms with Crippen LogP contribution in [0.2, 0.25) is 0 Å². The van der Waals surface area contributed by atoms with Gasteiger partial charge in [-0.15, -0.1) is 0 Å². The second-order valence-corrected chi connectivity index (χ2v) is 3.87. The number of nitrogens with one attached hydrogen (secondary N) is 1. The molecule has 0 amide bonds. The van der Waals surface area contributed by atoms with Gasteiger partial charge in [-0.25, -0.2) is 9.37 Å². The molecular formula is C13H16FN3. The average Bonchev–Trinajstić information content (AvgIpc) is 2.76. The Hall–Kier alpha value is -1.84. The van der Waals surface area contributed by atoms with Gasteiger partial charge in [-0.2, -0.15) is 0 Å². The minimum Gasteiger partial charge on any atom is -0.375 e. The van der Waals surface area contributed by atoms with E-state index >= 15 is 0 Å². The molecule has 0 aliphatic heterocycles. The summed E-state index contributed by atoms with van der Waals surface area (Å²) in [4.78, 5) is 4.26. The Bertz CT molecular complexity index is 479. The standard InChI is InChI=1S/C13H16FN3/c1-2-8-17-9-7-15-13(17)10-16-12-6-4-3-5-11(12)14/h3-7,9,16H,2,8,10H2,1H3. The van der Waals surface area contributed by atoms with Crippen LogP contribution in [0.15, 0.2) is 36.7 Å². The molecule has 1 N–H and O–H groups in total. The van der Waals surface area contributed by atoms with Crippen LogP contribution >= 0.6 is 0 Å². The van der Waals surface area contributed by atoms with E-state index in [2.05, 4.69) is 21.8 Å². The number of anilines is 1. The van der Waals surface area contributed by atoms with Crippen molar-refractivity contribution in [3.05, 3.63) is 48.3 Å². The van der Waals surface area contributed by atoms with Crippen LogP contribution in [-0.2, 0) is 13.1 Å². The van der Waals surface area contributed by atoms with Crippen LogP contribution in [0.3, 0.4) is 0 Å². The number of nitrogens with zero attached hydrogens (tertiary/aromatic N) is 2. The van der Waals surface area contributed by atoms with E-state index in [1.807, 2.05) is 12.3 Å². The zero-order valence-electron chi connectivity index (χ0n) is 9.86. The molecule has 2 aromatic rings. The molecule has 4 heteroatoms. The molecule has 3 nitrogen and oxygen atoms in total. The fourth-order valence-electron chi connectivity index (χ4n) is 1.73. The molecule has 1 aromatic carbocycles. The third-order valence-corrected chi connectivity index (χ3v) is 2.58. The Morgan fingerprint density at radius 1 is 1.35 bits per heavy atom. The summed E-state index contributed by atoms with van der Waals surface area (Å²) in [5.41, 5.74) is 0.513. The van der Waals surface area contributed by atoms with Crippen molar-refractivity contribution in [3.8, 4) is 0 Å². The van der Waals surface area contributed by atoms with Crippen molar-refractivity contribution in [3.63, 3.8) is 0 Å². The Morgan fingerprint density at radius 2 is 2.18 bits per heavy atom. The van der Waals surface area contributed by atoms with E-state index in [0.29, 0.717) is 12.2 Å². The van der Waals surface area contributed by atoms with Crippen LogP contribution in [0.4, 0.5) is 10.1 Å². The molecule has 0 atom stereocenters. The van der Waals surface area contributed by atoms with Gasteiger partial charge in [0.15, 0.2) is 0 Å². The molecule has 0 radical (unpaired) electrons. The van der Waals surface area contributed by atoms with Crippen LogP contribution in [0.1, 0.15) is 19.2 Å². The highest BCUT2D eigenvalue weighted by atomic mass is 19.1. The number of rotatable bonds is 5. The number of aromatic nitrogens is 2. The number of benzene rings is 1. The SMILES string of the molecule is CCCn1ccnc1CNc1ccccc1F. The van der Waals surface area contributed by atoms with Crippen molar-refractivity contribution in [1.29, 1.82) is 0 Å². The molecule has 0 saturated carbocycles. The van der Waals surface area contributed by atoms with Gasteiger partial charge in [0.2, 0.25) is 0 Å². The molecule has 0 bridgehead atoms. The second-order valence-electron chi connectivity index (χ2n) is 3.87. The number of hydrogen-bond donors (Lipinski definition) is 1. The molecule has 90 valence electrons. The molecule has 17 heavy (non-hydrogen) atoms. The van der Waals surface area contributed by atoms with E-state index in [9.17, 15) is 4.39 Å². The van der Waals surface area contributed by atoms with Crippen molar-refractivity contribution in [2.24, 2.45) is 0 Å². The van der Waals surface area contributed by atoms with Gasteiger partial charge in [-0.1, -0.05) is 19.1 Å². The average molecular weight is 233 g/mol. The first-order valence-electron chi connectivity index (χ1n) is 5.79. The third-order valence-electron chi connectivity index (χ3n) is 2.58. The Kier molecular flexibility index (Phi) is 3.75. The largest absolute Gasteiger partial charge is 0.375 e. The van der Waals surface area contributed by atoms with Gasteiger partial charge >= 0.3 is 0 Å². The predicted octanol–water partition coefficient (Wildman–Crippen LogP) is 3.04. The molecule has 1 heterocycles. The molecule has 2 rings (SSSR count). The molecule has 0 fully saturated rings. The second kappa shape index (κ2) is 5.48. The van der Waals surface area contributed by atoms with E-state index in [1.165, 1.54) is 6.07 Å². The van der Waals surface area contributed by atoms with Gasteiger partial charge in [0.05, 0.1) is 12.2 Å². The van der Waals surface area contributed by atoms with Crippen molar-refractivity contribution >= 4 is 5.69 Å². The zero-order valence-corrected chi connectivity index (χ0v) is 9.86. The highest BCUT2D eigenvalue weighted by molar-refractivity contribution is 5.44. The molecular weight excluding hydrogens is 217 g/mol. The molecule has 0 unspecified atom stereocenters. The van der Waals surface area contributed by atoms with Crippen molar-refractivity contribution in [2.45, 2.75) is 26.4 Å². The van der Waals surface area contributed by atoms with Crippen LogP contribution in [0.25, 0.3) is 0 Å². The summed E-state index contributed by atoms with van der Waals surface area (Å²) in [6.07, 6.45) is 4.78. The maximum absolute atomic E-state index is 13.4. The number of imidazole rings is 1. The van der Waals surface area contributed by atoms with Crippen LogP contribution in [-0.4, -0.2) is 9.55 Å². The fourth-order valence-corrected chi connectivity index (χ4v) is 1.73. The van der Waals surface area contributed by atoms with Crippen LogP contribution in [0.5, 0.6) is 0 Å². The monoisotopic (exact) mass is 233 g/mol. The zero-order chi connectivity index (χ0) is 12.1. The van der Waals surface area contributed by atoms with E-state index in [1.54, 1.807) is 18.3 Å². The minimum atomic E-state index is -0.235. The molecule has 1 aromatic heterocycles. The summed E-state index contributed by atoms with van der Waals surface area (Å²) in [6, 6.07) is 6.66. The lowest BCUT2D eigenvalue weighted by Gasteiger charge is -2.09. The van der Waals surface area contributed by atoms with Gasteiger partial charge < -0.3 is 9.88 Å². The number of hydrogen-bond acceptors (Lipinski definition) is 2. The summed E-state index contributed by atoms with van der Waals surface area (Å²) in [5.74, 6) is 0.691. The fraction of sp³-hybridized carbons (Fsp3) is 0.308. The lowest BCUT2D eigenvalue weighted by molar-refractivity contribution is 0.625. The van der Waals surface area contributed by atoms with E-state index in [4.69, 9.17) is 0 Å². The van der Waals surface area contributed by atoms with Crippen molar-refractivity contribution in [1.82, 2.24) is 9.55 Å². The smallest absolute Gasteiger partial charge is 0.146 e. The molecule has 0 spiro atoms. The van der Waals surface area contributed by atoms with Gasteiger partial charge in [0, 0.05) is 18.9 Å². The molecule has 0 saturated heterocycles. The normalized spacial score (nSPS) is 10.5. The highest BCUT2D eigenvalue weighted by Crippen LogP contribution is 2.13. The third kappa shape index (κ3) is 2.84. The lowest BCUT2D eigenvalue weighted by atomic mass is 10.3. The first-order chi connectivity index (χ1) is 8.31. The topological polar surface area (TPSA) is 29.9 Å². The van der Waals surface area contributed by atoms with E-state index in [-0.39, 0.29) is 5.82 Å². The summed E-state index contributed by atoms with van der Waals surface area (Å²) >= 11 is 0. The lowest BCUT2D eigenvalue weighted by Crippen LogP contribution is -2.09. The predicted molar refractivity (Wildman–Crippen MR) is 66.2 cm³/mol. The Labute approximate surface area is 100 Å².